The first-order valence-electron chi connectivity index (χ1n) is 8.21. The first-order valence-corrected chi connectivity index (χ1v) is 8.97. The van der Waals surface area contributed by atoms with Crippen LogP contribution in [0.25, 0.3) is 22.3 Å². The van der Waals surface area contributed by atoms with Crippen LogP contribution in [0.2, 0.25) is 10.0 Å². The van der Waals surface area contributed by atoms with Gasteiger partial charge in [0.25, 0.3) is 0 Å². The van der Waals surface area contributed by atoms with Gasteiger partial charge in [-0.2, -0.15) is 0 Å². The van der Waals surface area contributed by atoms with Gasteiger partial charge in [-0.1, -0.05) is 23.2 Å². The van der Waals surface area contributed by atoms with Gasteiger partial charge in [0, 0.05) is 27.5 Å². The molecule has 4 rings (SSSR count). The molecule has 0 N–H and O–H groups in total. The second-order valence-electron chi connectivity index (χ2n) is 6.23. The van der Waals surface area contributed by atoms with E-state index >= 15 is 0 Å². The normalized spacial score (nSPS) is 11.2. The lowest BCUT2D eigenvalue weighted by atomic mass is 10.1. The van der Waals surface area contributed by atoms with E-state index in [4.69, 9.17) is 23.2 Å². The van der Waals surface area contributed by atoms with Crippen LogP contribution >= 0.6 is 23.2 Å². The minimum atomic E-state index is 0.598. The fraction of sp³-hybridized carbons (Fsp3) is 0.150. The molecule has 3 aromatic heterocycles. The molecule has 0 saturated carbocycles. The van der Waals surface area contributed by atoms with Crippen molar-refractivity contribution in [3.8, 4) is 11.3 Å². The van der Waals surface area contributed by atoms with E-state index < -0.39 is 0 Å². The maximum Gasteiger partial charge on any atom is 0.107 e. The third kappa shape index (κ3) is 3.18. The van der Waals surface area contributed by atoms with E-state index in [-0.39, 0.29) is 0 Å². The summed E-state index contributed by atoms with van der Waals surface area (Å²) in [4.78, 5) is 13.4. The van der Waals surface area contributed by atoms with Crippen LogP contribution in [0.5, 0.6) is 0 Å². The lowest BCUT2D eigenvalue weighted by molar-refractivity contribution is 0.786. The molecule has 0 amide bonds. The van der Waals surface area contributed by atoms with Crippen LogP contribution in [0.15, 0.2) is 48.8 Å². The maximum atomic E-state index is 6.35. The van der Waals surface area contributed by atoms with Gasteiger partial charge in [0.05, 0.1) is 24.0 Å². The molecule has 0 bridgehead atoms. The molecule has 0 aliphatic carbocycles. The van der Waals surface area contributed by atoms with Gasteiger partial charge in [0.1, 0.15) is 11.3 Å². The van der Waals surface area contributed by atoms with Crippen molar-refractivity contribution < 1.29 is 0 Å². The number of rotatable bonds is 3. The van der Waals surface area contributed by atoms with Crippen LogP contribution in [0.1, 0.15) is 17.1 Å². The smallest absolute Gasteiger partial charge is 0.107 e. The van der Waals surface area contributed by atoms with Gasteiger partial charge in [0.2, 0.25) is 0 Å². The van der Waals surface area contributed by atoms with E-state index in [1.54, 1.807) is 12.3 Å². The molecular formula is C20H16Cl2N4. The van der Waals surface area contributed by atoms with Crippen molar-refractivity contribution in [3.05, 3.63) is 75.9 Å². The predicted octanol–water partition coefficient (Wildman–Crippen LogP) is 5.47. The highest BCUT2D eigenvalue weighted by atomic mass is 35.5. The van der Waals surface area contributed by atoms with Crippen molar-refractivity contribution in [1.82, 2.24) is 19.5 Å². The molecule has 3 heterocycles. The molecular weight excluding hydrogens is 367 g/mol. The molecule has 0 aliphatic heterocycles. The molecule has 0 saturated heterocycles. The van der Waals surface area contributed by atoms with Crippen LogP contribution < -0.4 is 0 Å². The van der Waals surface area contributed by atoms with Gasteiger partial charge in [-0.15, -0.1) is 0 Å². The fourth-order valence-corrected chi connectivity index (χ4v) is 3.42. The van der Waals surface area contributed by atoms with Gasteiger partial charge in [-0.05, 0) is 55.8 Å². The average Bonchev–Trinajstić information content (AvgIpc) is 2.93. The summed E-state index contributed by atoms with van der Waals surface area (Å²) in [5, 5.41) is 1.36. The van der Waals surface area contributed by atoms with E-state index in [1.807, 2.05) is 44.3 Å². The zero-order chi connectivity index (χ0) is 18.3. The number of hydrogen-bond donors (Lipinski definition) is 0. The number of fused-ring (bicyclic) bond motifs is 1. The summed E-state index contributed by atoms with van der Waals surface area (Å²) in [5.41, 5.74) is 5.71. The average molecular weight is 383 g/mol. The Balaban J connectivity index is 1.83. The second-order valence-corrected chi connectivity index (χ2v) is 7.07. The Bertz CT molecular complexity index is 1120. The Morgan fingerprint density at radius 2 is 1.85 bits per heavy atom. The van der Waals surface area contributed by atoms with Gasteiger partial charge in [-0.25, -0.2) is 4.98 Å². The molecule has 4 nitrogen and oxygen atoms in total. The quantitative estimate of drug-likeness (QED) is 0.472. The number of halogens is 2. The molecule has 4 aromatic rings. The van der Waals surface area contributed by atoms with Crippen molar-refractivity contribution in [2.45, 2.75) is 20.4 Å². The van der Waals surface area contributed by atoms with Crippen LogP contribution in [0.4, 0.5) is 0 Å². The molecule has 0 spiro atoms. The monoisotopic (exact) mass is 382 g/mol. The topological polar surface area (TPSA) is 43.6 Å². The van der Waals surface area contributed by atoms with Gasteiger partial charge in [-0.3, -0.25) is 9.97 Å². The Hall–Kier alpha value is -2.43. The molecule has 0 aliphatic rings. The summed E-state index contributed by atoms with van der Waals surface area (Å²) in [5.74, 6) is 0.904. The number of aryl methyl sites for hydroxylation is 2. The molecule has 0 atom stereocenters. The molecule has 130 valence electrons. The molecule has 1 aromatic carbocycles. The first kappa shape index (κ1) is 17.0. The summed E-state index contributed by atoms with van der Waals surface area (Å²) in [6.45, 7) is 4.55. The summed E-state index contributed by atoms with van der Waals surface area (Å²) in [6, 6.07) is 11.5. The summed E-state index contributed by atoms with van der Waals surface area (Å²) >= 11 is 12.5. The van der Waals surface area contributed by atoms with Crippen LogP contribution in [-0.4, -0.2) is 19.5 Å². The van der Waals surface area contributed by atoms with Crippen LogP contribution in [-0.2, 0) is 6.54 Å². The number of nitrogens with zero attached hydrogens (tertiary/aromatic N) is 4. The van der Waals surface area contributed by atoms with E-state index in [1.165, 1.54) is 0 Å². The Kier molecular flexibility index (Phi) is 4.39. The summed E-state index contributed by atoms with van der Waals surface area (Å²) in [7, 11) is 0. The number of hydrogen-bond acceptors (Lipinski definition) is 3. The van der Waals surface area contributed by atoms with E-state index in [2.05, 4.69) is 25.6 Å². The molecule has 0 fully saturated rings. The lowest BCUT2D eigenvalue weighted by Gasteiger charge is -2.10. The molecule has 6 heteroatoms. The number of aromatic nitrogens is 4. The summed E-state index contributed by atoms with van der Waals surface area (Å²) in [6.07, 6.45) is 3.61. The first-order chi connectivity index (χ1) is 12.5. The number of imidazole rings is 1. The van der Waals surface area contributed by atoms with Gasteiger partial charge >= 0.3 is 0 Å². The SMILES string of the molecule is Cc1cc(-c2cc3c(cn2)nc(C)n3Cc2cc(Cl)ccc2Cl)ccn1. The minimum Gasteiger partial charge on any atom is -0.324 e. The zero-order valence-electron chi connectivity index (χ0n) is 14.4. The molecule has 0 unspecified atom stereocenters. The standard InChI is InChI=1S/C20H16Cl2N4/c1-12-7-14(5-6-23-12)18-9-20-19(10-24-18)25-13(2)26(20)11-15-8-16(21)3-4-17(15)22/h3-10H,11H2,1-2H3. The van der Waals surface area contributed by atoms with Crippen molar-refractivity contribution >= 4 is 34.2 Å². The van der Waals surface area contributed by atoms with Crippen LogP contribution in [0, 0.1) is 13.8 Å². The summed E-state index contributed by atoms with van der Waals surface area (Å²) < 4.78 is 2.13. The highest BCUT2D eigenvalue weighted by molar-refractivity contribution is 6.33. The van der Waals surface area contributed by atoms with Gasteiger partial charge in [0.15, 0.2) is 0 Å². The highest BCUT2D eigenvalue weighted by Crippen LogP contribution is 2.26. The largest absolute Gasteiger partial charge is 0.324 e. The number of pyridine rings is 2. The van der Waals surface area contributed by atoms with Crippen molar-refractivity contribution in [3.63, 3.8) is 0 Å². The molecule has 26 heavy (non-hydrogen) atoms. The second kappa shape index (κ2) is 6.71. The van der Waals surface area contributed by atoms with Crippen molar-refractivity contribution in [2.75, 3.05) is 0 Å². The van der Waals surface area contributed by atoms with Gasteiger partial charge < -0.3 is 4.57 Å². The lowest BCUT2D eigenvalue weighted by Crippen LogP contribution is -2.03. The fourth-order valence-electron chi connectivity index (χ4n) is 3.05. The van der Waals surface area contributed by atoms with Crippen LogP contribution in [0.3, 0.4) is 0 Å². The minimum absolute atomic E-state index is 0.598. The Morgan fingerprint density at radius 1 is 1.00 bits per heavy atom. The van der Waals surface area contributed by atoms with Crippen molar-refractivity contribution in [2.24, 2.45) is 0 Å². The third-order valence-electron chi connectivity index (χ3n) is 4.35. The van der Waals surface area contributed by atoms with E-state index in [0.29, 0.717) is 16.6 Å². The zero-order valence-corrected chi connectivity index (χ0v) is 15.9. The third-order valence-corrected chi connectivity index (χ3v) is 4.96. The highest BCUT2D eigenvalue weighted by Gasteiger charge is 2.12. The predicted molar refractivity (Wildman–Crippen MR) is 106 cm³/mol. The Morgan fingerprint density at radius 3 is 2.65 bits per heavy atom. The van der Waals surface area contributed by atoms with E-state index in [9.17, 15) is 0 Å². The van der Waals surface area contributed by atoms with Crippen molar-refractivity contribution in [1.29, 1.82) is 0 Å². The molecule has 0 radical (unpaired) electrons. The van der Waals surface area contributed by atoms with E-state index in [0.717, 1.165) is 39.4 Å². The maximum absolute atomic E-state index is 6.35. The number of benzene rings is 1. The Labute approximate surface area is 161 Å².